The van der Waals surface area contributed by atoms with Gasteiger partial charge in [-0.3, -0.25) is 0 Å². The molecule has 0 spiro atoms. The molecule has 1 unspecified atom stereocenters. The van der Waals surface area contributed by atoms with Crippen LogP contribution in [0.2, 0.25) is 0 Å². The van der Waals surface area contributed by atoms with Crippen molar-refractivity contribution in [3.05, 3.63) is 36.0 Å². The van der Waals surface area contributed by atoms with Crippen molar-refractivity contribution in [3.63, 3.8) is 0 Å². The number of aryl methyl sites for hydroxylation is 1. The summed E-state index contributed by atoms with van der Waals surface area (Å²) in [5, 5.41) is 12.5. The molecule has 2 aliphatic rings. The summed E-state index contributed by atoms with van der Waals surface area (Å²) in [6, 6.07) is 11.6. The molecule has 4 rings (SSSR count). The zero-order chi connectivity index (χ0) is 13.9. The van der Waals surface area contributed by atoms with Gasteiger partial charge in [0.1, 0.15) is 5.60 Å². The van der Waals surface area contributed by atoms with E-state index in [1.54, 1.807) is 0 Å². The van der Waals surface area contributed by atoms with Gasteiger partial charge in [0.15, 0.2) is 0 Å². The summed E-state index contributed by atoms with van der Waals surface area (Å²) in [5.41, 5.74) is 1.64. The van der Waals surface area contributed by atoms with Gasteiger partial charge in [0.05, 0.1) is 5.69 Å². The van der Waals surface area contributed by atoms with Crippen LogP contribution in [0.5, 0.6) is 0 Å². The van der Waals surface area contributed by atoms with E-state index in [0.717, 1.165) is 18.5 Å². The third kappa shape index (κ3) is 1.60. The van der Waals surface area contributed by atoms with Gasteiger partial charge in [-0.1, -0.05) is 18.2 Å². The average molecular weight is 270 g/mol. The van der Waals surface area contributed by atoms with E-state index in [0.29, 0.717) is 12.1 Å². The van der Waals surface area contributed by atoms with Crippen LogP contribution >= 0.6 is 0 Å². The van der Waals surface area contributed by atoms with E-state index in [9.17, 15) is 5.11 Å². The lowest BCUT2D eigenvalue weighted by Gasteiger charge is -2.42. The van der Waals surface area contributed by atoms with E-state index in [2.05, 4.69) is 53.9 Å². The number of hydrogen-bond donors (Lipinski definition) is 1. The molecule has 0 aliphatic carbocycles. The summed E-state index contributed by atoms with van der Waals surface area (Å²) in [5.74, 6) is 0. The molecule has 20 heavy (non-hydrogen) atoms. The number of benzene rings is 1. The molecule has 2 fully saturated rings. The second kappa shape index (κ2) is 4.09. The Kier molecular flexibility index (Phi) is 2.54. The minimum Gasteiger partial charge on any atom is -0.384 e. The summed E-state index contributed by atoms with van der Waals surface area (Å²) >= 11 is 0. The lowest BCUT2D eigenvalue weighted by atomic mass is 9.83. The highest BCUT2D eigenvalue weighted by Crippen LogP contribution is 2.45. The molecule has 3 nitrogen and oxygen atoms in total. The Hall–Kier alpha value is -1.32. The van der Waals surface area contributed by atoms with E-state index >= 15 is 0 Å². The second-order valence-electron chi connectivity index (χ2n) is 6.64. The summed E-state index contributed by atoms with van der Waals surface area (Å²) in [6.07, 6.45) is 4.19. The van der Waals surface area contributed by atoms with Gasteiger partial charge in [-0.15, -0.1) is 0 Å². The first-order valence-electron chi connectivity index (χ1n) is 7.58. The number of nitrogens with zero attached hydrogens (tertiary/aromatic N) is 2. The zero-order valence-corrected chi connectivity index (χ0v) is 12.2. The molecule has 1 N–H and O–H groups in total. The van der Waals surface area contributed by atoms with Gasteiger partial charge in [-0.25, -0.2) is 0 Å². The molecule has 1 aromatic heterocycles. The highest BCUT2D eigenvalue weighted by Gasteiger charge is 2.47. The standard InChI is InChI=1S/C17H22N2O/c1-18-13-7-8-14(18)11-17(20,10-13)16-9-12-5-3-4-6-15(12)19(16)2/h3-6,9,13-14,20H,7-8,10-11H2,1-2H3/t13-,14+,17?. The van der Waals surface area contributed by atoms with Crippen molar-refractivity contribution in [2.75, 3.05) is 7.05 Å². The lowest BCUT2D eigenvalue weighted by molar-refractivity contribution is -0.0539. The summed E-state index contributed by atoms with van der Waals surface area (Å²) in [4.78, 5) is 2.47. The Morgan fingerprint density at radius 1 is 1.10 bits per heavy atom. The third-order valence-corrected chi connectivity index (χ3v) is 5.56. The van der Waals surface area contributed by atoms with Crippen molar-refractivity contribution >= 4 is 10.9 Å². The minimum absolute atomic E-state index is 0.539. The molecule has 3 atom stereocenters. The van der Waals surface area contributed by atoms with Gasteiger partial charge in [0.2, 0.25) is 0 Å². The van der Waals surface area contributed by atoms with E-state index in [1.165, 1.54) is 23.7 Å². The Bertz CT molecular complexity index is 646. The summed E-state index contributed by atoms with van der Waals surface area (Å²) < 4.78 is 2.18. The predicted molar refractivity (Wildman–Crippen MR) is 80.6 cm³/mol. The second-order valence-corrected chi connectivity index (χ2v) is 6.64. The Balaban J connectivity index is 1.81. The molecule has 2 bridgehead atoms. The number of aliphatic hydroxyl groups is 1. The van der Waals surface area contributed by atoms with E-state index in [-0.39, 0.29) is 0 Å². The van der Waals surface area contributed by atoms with Crippen molar-refractivity contribution < 1.29 is 5.11 Å². The number of hydrogen-bond acceptors (Lipinski definition) is 2. The number of piperidine rings is 1. The molecule has 0 radical (unpaired) electrons. The van der Waals surface area contributed by atoms with Gasteiger partial charge in [0, 0.05) is 24.6 Å². The maximum absolute atomic E-state index is 11.3. The van der Waals surface area contributed by atoms with Crippen molar-refractivity contribution in [2.45, 2.75) is 43.4 Å². The maximum atomic E-state index is 11.3. The first-order chi connectivity index (χ1) is 9.58. The number of rotatable bonds is 1. The Labute approximate surface area is 119 Å². The van der Waals surface area contributed by atoms with Gasteiger partial charge >= 0.3 is 0 Å². The van der Waals surface area contributed by atoms with Gasteiger partial charge < -0.3 is 14.6 Å². The predicted octanol–water partition coefficient (Wildman–Crippen LogP) is 2.62. The SMILES string of the molecule is CN1[C@@H]2CC[C@H]1CC(O)(c1cc3ccccc3n1C)C2. The highest BCUT2D eigenvalue weighted by atomic mass is 16.3. The van der Waals surface area contributed by atoms with Crippen molar-refractivity contribution in [3.8, 4) is 0 Å². The van der Waals surface area contributed by atoms with Crippen LogP contribution in [0.25, 0.3) is 10.9 Å². The number of para-hydroxylation sites is 1. The van der Waals surface area contributed by atoms with Crippen LogP contribution in [0.15, 0.2) is 30.3 Å². The molecular formula is C17H22N2O. The Morgan fingerprint density at radius 2 is 1.75 bits per heavy atom. The van der Waals surface area contributed by atoms with Gasteiger partial charge in [0.25, 0.3) is 0 Å². The largest absolute Gasteiger partial charge is 0.384 e. The zero-order valence-electron chi connectivity index (χ0n) is 12.2. The molecule has 2 aliphatic heterocycles. The molecular weight excluding hydrogens is 248 g/mol. The normalized spacial score (nSPS) is 34.0. The Morgan fingerprint density at radius 3 is 2.40 bits per heavy atom. The topological polar surface area (TPSA) is 28.4 Å². The molecule has 2 saturated heterocycles. The van der Waals surface area contributed by atoms with Crippen LogP contribution in [-0.2, 0) is 12.6 Å². The van der Waals surface area contributed by atoms with Crippen LogP contribution in [0, 0.1) is 0 Å². The van der Waals surface area contributed by atoms with Gasteiger partial charge in [-0.05, 0) is 50.2 Å². The number of aromatic nitrogens is 1. The van der Waals surface area contributed by atoms with Crippen molar-refractivity contribution in [1.29, 1.82) is 0 Å². The first-order valence-corrected chi connectivity index (χ1v) is 7.58. The first kappa shape index (κ1) is 12.4. The van der Waals surface area contributed by atoms with E-state index in [1.807, 2.05) is 0 Å². The van der Waals surface area contributed by atoms with Crippen LogP contribution in [-0.4, -0.2) is 33.7 Å². The molecule has 0 amide bonds. The molecule has 3 heterocycles. The summed E-state index contributed by atoms with van der Waals surface area (Å²) in [7, 11) is 4.29. The quantitative estimate of drug-likeness (QED) is 0.863. The molecule has 3 heteroatoms. The third-order valence-electron chi connectivity index (χ3n) is 5.56. The van der Waals surface area contributed by atoms with E-state index < -0.39 is 5.60 Å². The highest BCUT2D eigenvalue weighted by molar-refractivity contribution is 5.81. The van der Waals surface area contributed by atoms with Crippen LogP contribution in [0.1, 0.15) is 31.4 Å². The minimum atomic E-state index is -0.661. The molecule has 2 aromatic rings. The molecule has 106 valence electrons. The fourth-order valence-electron chi connectivity index (χ4n) is 4.39. The van der Waals surface area contributed by atoms with Crippen LogP contribution in [0.3, 0.4) is 0 Å². The van der Waals surface area contributed by atoms with Crippen LogP contribution in [0.4, 0.5) is 0 Å². The van der Waals surface area contributed by atoms with E-state index in [4.69, 9.17) is 0 Å². The van der Waals surface area contributed by atoms with Crippen molar-refractivity contribution in [2.24, 2.45) is 7.05 Å². The average Bonchev–Trinajstić information content (AvgIpc) is 2.87. The summed E-state index contributed by atoms with van der Waals surface area (Å²) in [6.45, 7) is 0. The van der Waals surface area contributed by atoms with Gasteiger partial charge in [-0.2, -0.15) is 0 Å². The molecule has 0 saturated carbocycles. The van der Waals surface area contributed by atoms with Crippen molar-refractivity contribution in [1.82, 2.24) is 9.47 Å². The number of fused-ring (bicyclic) bond motifs is 3. The monoisotopic (exact) mass is 270 g/mol. The molecule has 1 aromatic carbocycles. The fraction of sp³-hybridized carbons (Fsp3) is 0.529. The fourth-order valence-corrected chi connectivity index (χ4v) is 4.39. The smallest absolute Gasteiger partial charge is 0.107 e. The lowest BCUT2D eigenvalue weighted by Crippen LogP contribution is -2.48. The van der Waals surface area contributed by atoms with Crippen LogP contribution < -0.4 is 0 Å². The maximum Gasteiger partial charge on any atom is 0.107 e.